The van der Waals surface area contributed by atoms with E-state index in [0.29, 0.717) is 18.8 Å². The number of hydrogen-bond acceptors (Lipinski definition) is 4. The number of hydrogen-bond donors (Lipinski definition) is 1. The predicted molar refractivity (Wildman–Crippen MR) is 78.1 cm³/mol. The Kier molecular flexibility index (Phi) is 5.95. The Morgan fingerprint density at radius 3 is 2.65 bits per heavy atom. The second-order valence-electron chi connectivity index (χ2n) is 5.63. The molecule has 4 nitrogen and oxygen atoms in total. The SMILES string of the molecule is CC(C)(C)OC(=O)CN(CCCN)c1cccc(F)c1. The number of carbonyl (C=O) groups is 1. The first-order chi connectivity index (χ1) is 9.31. The van der Waals surface area contributed by atoms with Crippen molar-refractivity contribution in [3.8, 4) is 0 Å². The number of benzene rings is 1. The zero-order valence-corrected chi connectivity index (χ0v) is 12.4. The Bertz CT molecular complexity index is 444. The molecular weight excluding hydrogens is 259 g/mol. The Labute approximate surface area is 119 Å². The van der Waals surface area contributed by atoms with Crippen molar-refractivity contribution in [1.82, 2.24) is 0 Å². The molecule has 0 heterocycles. The van der Waals surface area contributed by atoms with Crippen molar-refractivity contribution in [3.63, 3.8) is 0 Å². The van der Waals surface area contributed by atoms with E-state index in [2.05, 4.69) is 0 Å². The third kappa shape index (κ3) is 6.02. The maximum atomic E-state index is 13.3. The molecule has 0 aromatic heterocycles. The van der Waals surface area contributed by atoms with Crippen LogP contribution in [0.5, 0.6) is 0 Å². The molecule has 2 N–H and O–H groups in total. The van der Waals surface area contributed by atoms with Crippen LogP contribution >= 0.6 is 0 Å². The van der Waals surface area contributed by atoms with E-state index in [4.69, 9.17) is 10.5 Å². The van der Waals surface area contributed by atoms with E-state index in [1.165, 1.54) is 12.1 Å². The first-order valence-electron chi connectivity index (χ1n) is 6.74. The average molecular weight is 282 g/mol. The van der Waals surface area contributed by atoms with Gasteiger partial charge in [-0.1, -0.05) is 6.07 Å². The van der Waals surface area contributed by atoms with Crippen LogP contribution in [0.3, 0.4) is 0 Å². The fourth-order valence-electron chi connectivity index (χ4n) is 1.78. The van der Waals surface area contributed by atoms with Gasteiger partial charge in [-0.25, -0.2) is 4.39 Å². The van der Waals surface area contributed by atoms with E-state index < -0.39 is 5.60 Å². The molecule has 5 heteroatoms. The number of halogens is 1. The van der Waals surface area contributed by atoms with Gasteiger partial charge in [0.2, 0.25) is 0 Å². The van der Waals surface area contributed by atoms with Crippen LogP contribution in [0.25, 0.3) is 0 Å². The van der Waals surface area contributed by atoms with Gasteiger partial charge in [-0.05, 0) is 51.9 Å². The van der Waals surface area contributed by atoms with Gasteiger partial charge in [0.05, 0.1) is 0 Å². The van der Waals surface area contributed by atoms with Gasteiger partial charge < -0.3 is 15.4 Å². The highest BCUT2D eigenvalue weighted by atomic mass is 19.1. The first-order valence-corrected chi connectivity index (χ1v) is 6.74. The smallest absolute Gasteiger partial charge is 0.326 e. The third-order valence-corrected chi connectivity index (χ3v) is 2.55. The summed E-state index contributed by atoms with van der Waals surface area (Å²) in [6.07, 6.45) is 0.722. The number of carbonyl (C=O) groups excluding carboxylic acids is 1. The number of esters is 1. The van der Waals surface area contributed by atoms with E-state index in [1.54, 1.807) is 17.0 Å². The molecule has 0 aliphatic heterocycles. The molecule has 1 aromatic rings. The van der Waals surface area contributed by atoms with Crippen molar-refractivity contribution in [2.45, 2.75) is 32.8 Å². The summed E-state index contributed by atoms with van der Waals surface area (Å²) >= 11 is 0. The molecule has 1 aromatic carbocycles. The topological polar surface area (TPSA) is 55.6 Å². The minimum absolute atomic E-state index is 0.0841. The van der Waals surface area contributed by atoms with Crippen molar-refractivity contribution in [1.29, 1.82) is 0 Å². The highest BCUT2D eigenvalue weighted by Crippen LogP contribution is 2.17. The summed E-state index contributed by atoms with van der Waals surface area (Å²) in [6, 6.07) is 6.16. The lowest BCUT2D eigenvalue weighted by atomic mass is 10.2. The van der Waals surface area contributed by atoms with Crippen molar-refractivity contribution in [2.24, 2.45) is 5.73 Å². The van der Waals surface area contributed by atoms with Crippen LogP contribution < -0.4 is 10.6 Å². The molecule has 0 amide bonds. The highest BCUT2D eigenvalue weighted by molar-refractivity contribution is 5.76. The van der Waals surface area contributed by atoms with Crippen LogP contribution in [-0.2, 0) is 9.53 Å². The second-order valence-corrected chi connectivity index (χ2v) is 5.63. The maximum Gasteiger partial charge on any atom is 0.326 e. The van der Waals surface area contributed by atoms with Crippen LogP contribution in [-0.4, -0.2) is 31.2 Å². The number of anilines is 1. The number of ether oxygens (including phenoxy) is 1. The summed E-state index contributed by atoms with van der Waals surface area (Å²) in [5.41, 5.74) is 5.63. The van der Waals surface area contributed by atoms with Gasteiger partial charge in [-0.2, -0.15) is 0 Å². The van der Waals surface area contributed by atoms with Gasteiger partial charge >= 0.3 is 5.97 Å². The Hall–Kier alpha value is -1.62. The molecule has 0 fully saturated rings. The predicted octanol–water partition coefficient (Wildman–Crippen LogP) is 2.32. The number of rotatable bonds is 6. The quantitative estimate of drug-likeness (QED) is 0.814. The van der Waals surface area contributed by atoms with E-state index in [0.717, 1.165) is 6.42 Å². The van der Waals surface area contributed by atoms with Gasteiger partial charge in [-0.3, -0.25) is 4.79 Å². The van der Waals surface area contributed by atoms with Gasteiger partial charge in [-0.15, -0.1) is 0 Å². The van der Waals surface area contributed by atoms with Crippen molar-refractivity contribution in [2.75, 3.05) is 24.5 Å². The van der Waals surface area contributed by atoms with Crippen LogP contribution in [0.4, 0.5) is 10.1 Å². The van der Waals surface area contributed by atoms with E-state index in [9.17, 15) is 9.18 Å². The van der Waals surface area contributed by atoms with Gasteiger partial charge in [0, 0.05) is 12.2 Å². The zero-order valence-electron chi connectivity index (χ0n) is 12.4. The summed E-state index contributed by atoms with van der Waals surface area (Å²) in [7, 11) is 0. The van der Waals surface area contributed by atoms with Crippen LogP contribution in [0.1, 0.15) is 27.2 Å². The van der Waals surface area contributed by atoms with E-state index in [1.807, 2.05) is 20.8 Å². The summed E-state index contributed by atoms with van der Waals surface area (Å²) in [5, 5.41) is 0. The molecule has 0 atom stereocenters. The largest absolute Gasteiger partial charge is 0.459 e. The zero-order chi connectivity index (χ0) is 15.2. The monoisotopic (exact) mass is 282 g/mol. The van der Waals surface area contributed by atoms with Gasteiger partial charge in [0.25, 0.3) is 0 Å². The molecule has 1 rings (SSSR count). The number of nitrogens with two attached hydrogens (primary N) is 1. The summed E-state index contributed by atoms with van der Waals surface area (Å²) in [5.74, 6) is -0.664. The molecule has 0 spiro atoms. The van der Waals surface area contributed by atoms with E-state index >= 15 is 0 Å². The van der Waals surface area contributed by atoms with Crippen molar-refractivity contribution < 1.29 is 13.9 Å². The lowest BCUT2D eigenvalue weighted by Crippen LogP contribution is -2.36. The van der Waals surface area contributed by atoms with Crippen molar-refractivity contribution in [3.05, 3.63) is 30.1 Å². The van der Waals surface area contributed by atoms with Crippen LogP contribution in [0.2, 0.25) is 0 Å². The summed E-state index contributed by atoms with van der Waals surface area (Å²) in [6.45, 7) is 6.63. The first kappa shape index (κ1) is 16.4. The molecular formula is C15H23FN2O2. The Morgan fingerprint density at radius 1 is 1.40 bits per heavy atom. The molecule has 0 saturated carbocycles. The highest BCUT2D eigenvalue weighted by Gasteiger charge is 2.19. The summed E-state index contributed by atoms with van der Waals surface area (Å²) in [4.78, 5) is 13.7. The molecule has 0 radical (unpaired) electrons. The molecule has 0 unspecified atom stereocenters. The lowest BCUT2D eigenvalue weighted by molar-refractivity contribution is -0.153. The summed E-state index contributed by atoms with van der Waals surface area (Å²) < 4.78 is 18.6. The third-order valence-electron chi connectivity index (χ3n) is 2.55. The number of nitrogens with zero attached hydrogens (tertiary/aromatic N) is 1. The van der Waals surface area contributed by atoms with Crippen molar-refractivity contribution >= 4 is 11.7 Å². The molecule has 112 valence electrons. The maximum absolute atomic E-state index is 13.3. The fraction of sp³-hybridized carbons (Fsp3) is 0.533. The Balaban J connectivity index is 2.77. The Morgan fingerprint density at radius 2 is 2.10 bits per heavy atom. The molecule has 0 aliphatic carbocycles. The lowest BCUT2D eigenvalue weighted by Gasteiger charge is -2.26. The van der Waals surface area contributed by atoms with Gasteiger partial charge in [0.1, 0.15) is 18.0 Å². The molecule has 0 saturated heterocycles. The second kappa shape index (κ2) is 7.24. The van der Waals surface area contributed by atoms with Gasteiger partial charge in [0.15, 0.2) is 0 Å². The minimum atomic E-state index is -0.529. The fourth-order valence-corrected chi connectivity index (χ4v) is 1.78. The molecule has 20 heavy (non-hydrogen) atoms. The average Bonchev–Trinajstić information content (AvgIpc) is 2.32. The van der Waals surface area contributed by atoms with Crippen LogP contribution in [0, 0.1) is 5.82 Å². The van der Waals surface area contributed by atoms with E-state index in [-0.39, 0.29) is 18.3 Å². The minimum Gasteiger partial charge on any atom is -0.459 e. The molecule has 0 aliphatic rings. The normalized spacial score (nSPS) is 11.2. The van der Waals surface area contributed by atoms with Crippen LogP contribution in [0.15, 0.2) is 24.3 Å². The molecule has 0 bridgehead atoms. The standard InChI is InChI=1S/C15H23FN2O2/c1-15(2,3)20-14(19)11-18(9-5-8-17)13-7-4-6-12(16)10-13/h4,6-7,10H,5,8-9,11,17H2,1-3H3.